The van der Waals surface area contributed by atoms with Crippen LogP contribution in [0, 0.1) is 0 Å². The molecule has 1 aromatic heterocycles. The van der Waals surface area contributed by atoms with Gasteiger partial charge in [0.2, 0.25) is 5.91 Å². The molecule has 1 aliphatic rings. The van der Waals surface area contributed by atoms with Crippen LogP contribution in [-0.4, -0.2) is 16.6 Å². The molecule has 6 heteroatoms. The molecule has 0 aliphatic carbocycles. The SMILES string of the molecule is O=C1CS[C@H](c2ccc(Br)cc2)N1c1nc2ccccc2s1. The van der Waals surface area contributed by atoms with E-state index in [9.17, 15) is 4.79 Å². The van der Waals surface area contributed by atoms with Gasteiger partial charge in [-0.25, -0.2) is 4.98 Å². The molecule has 3 nitrogen and oxygen atoms in total. The largest absolute Gasteiger partial charge is 0.273 e. The summed E-state index contributed by atoms with van der Waals surface area (Å²) in [6.45, 7) is 0. The zero-order valence-corrected chi connectivity index (χ0v) is 14.6. The number of halogens is 1. The first-order chi connectivity index (χ1) is 10.7. The van der Waals surface area contributed by atoms with E-state index in [2.05, 4.69) is 33.0 Å². The Morgan fingerprint density at radius 3 is 2.68 bits per heavy atom. The number of fused-ring (bicyclic) bond motifs is 1. The molecular formula is C16H11BrN2OS2. The topological polar surface area (TPSA) is 33.2 Å². The number of amides is 1. The standard InChI is InChI=1S/C16H11BrN2OS2/c17-11-7-5-10(6-8-11)15-19(14(20)9-21-15)16-18-12-3-1-2-4-13(12)22-16/h1-8,15H,9H2/t15-/m1/s1. The number of thiazole rings is 1. The second-order valence-electron chi connectivity index (χ2n) is 4.94. The van der Waals surface area contributed by atoms with E-state index in [4.69, 9.17) is 0 Å². The van der Waals surface area contributed by atoms with Crippen molar-refractivity contribution in [3.63, 3.8) is 0 Å². The fourth-order valence-electron chi connectivity index (χ4n) is 2.47. The molecule has 0 spiro atoms. The Morgan fingerprint density at radius 1 is 1.14 bits per heavy atom. The molecule has 0 N–H and O–H groups in total. The third-order valence-corrected chi connectivity index (χ3v) is 6.29. The highest BCUT2D eigenvalue weighted by Crippen LogP contribution is 2.44. The van der Waals surface area contributed by atoms with Crippen LogP contribution in [0.3, 0.4) is 0 Å². The van der Waals surface area contributed by atoms with Crippen molar-refractivity contribution in [2.75, 3.05) is 10.7 Å². The summed E-state index contributed by atoms with van der Waals surface area (Å²) >= 11 is 6.67. The number of thioether (sulfide) groups is 1. The van der Waals surface area contributed by atoms with E-state index >= 15 is 0 Å². The first-order valence-electron chi connectivity index (χ1n) is 6.77. The predicted molar refractivity (Wildman–Crippen MR) is 96.4 cm³/mol. The van der Waals surface area contributed by atoms with Crippen molar-refractivity contribution < 1.29 is 4.79 Å². The van der Waals surface area contributed by atoms with Crippen LogP contribution < -0.4 is 4.90 Å². The number of para-hydroxylation sites is 1. The number of carbonyl (C=O) groups excluding carboxylic acids is 1. The minimum absolute atomic E-state index is 0.00108. The van der Waals surface area contributed by atoms with E-state index in [-0.39, 0.29) is 11.3 Å². The number of hydrogen-bond acceptors (Lipinski definition) is 4. The first kappa shape index (κ1) is 14.2. The minimum Gasteiger partial charge on any atom is -0.273 e. The molecule has 0 bridgehead atoms. The summed E-state index contributed by atoms with van der Waals surface area (Å²) in [5, 5.41) is 0.783. The van der Waals surface area contributed by atoms with Crippen molar-refractivity contribution in [1.29, 1.82) is 0 Å². The van der Waals surface area contributed by atoms with E-state index in [1.54, 1.807) is 23.1 Å². The number of aromatic nitrogens is 1. The van der Waals surface area contributed by atoms with Gasteiger partial charge in [0.15, 0.2) is 5.13 Å². The van der Waals surface area contributed by atoms with Crippen LogP contribution in [0.15, 0.2) is 53.0 Å². The number of anilines is 1. The maximum Gasteiger partial charge on any atom is 0.240 e. The fraction of sp³-hybridized carbons (Fsp3) is 0.125. The zero-order chi connectivity index (χ0) is 15.1. The molecule has 1 amide bonds. The Balaban J connectivity index is 1.76. The lowest BCUT2D eigenvalue weighted by Gasteiger charge is -2.21. The highest BCUT2D eigenvalue weighted by molar-refractivity contribution is 9.10. The molecule has 2 aromatic carbocycles. The maximum absolute atomic E-state index is 12.4. The van der Waals surface area contributed by atoms with Crippen LogP contribution in [-0.2, 0) is 4.79 Å². The number of hydrogen-bond donors (Lipinski definition) is 0. The van der Waals surface area contributed by atoms with Gasteiger partial charge in [0.25, 0.3) is 0 Å². The summed E-state index contributed by atoms with van der Waals surface area (Å²) in [5.74, 6) is 0.619. The first-order valence-corrected chi connectivity index (χ1v) is 9.43. The molecule has 0 radical (unpaired) electrons. The van der Waals surface area contributed by atoms with Crippen molar-refractivity contribution >= 4 is 60.3 Å². The average molecular weight is 391 g/mol. The van der Waals surface area contributed by atoms with Gasteiger partial charge >= 0.3 is 0 Å². The maximum atomic E-state index is 12.4. The Labute approximate surface area is 144 Å². The quantitative estimate of drug-likeness (QED) is 0.627. The lowest BCUT2D eigenvalue weighted by atomic mass is 10.2. The van der Waals surface area contributed by atoms with Gasteiger partial charge in [-0.1, -0.05) is 51.5 Å². The molecule has 0 saturated carbocycles. The summed E-state index contributed by atoms with van der Waals surface area (Å²) in [4.78, 5) is 18.8. The van der Waals surface area contributed by atoms with E-state index in [1.165, 1.54) is 0 Å². The van der Waals surface area contributed by atoms with Gasteiger partial charge in [0.1, 0.15) is 5.37 Å². The van der Waals surface area contributed by atoms with Crippen molar-refractivity contribution in [3.05, 3.63) is 58.6 Å². The van der Waals surface area contributed by atoms with Crippen molar-refractivity contribution in [2.45, 2.75) is 5.37 Å². The molecule has 110 valence electrons. The highest BCUT2D eigenvalue weighted by Gasteiger charge is 2.35. The summed E-state index contributed by atoms with van der Waals surface area (Å²) in [5.41, 5.74) is 2.07. The molecule has 0 unspecified atom stereocenters. The van der Waals surface area contributed by atoms with Gasteiger partial charge in [-0.2, -0.15) is 0 Å². The van der Waals surface area contributed by atoms with Gasteiger partial charge in [-0.05, 0) is 29.8 Å². The molecule has 2 heterocycles. The van der Waals surface area contributed by atoms with Crippen LogP contribution in [0.4, 0.5) is 5.13 Å². The van der Waals surface area contributed by atoms with Crippen molar-refractivity contribution in [1.82, 2.24) is 4.98 Å². The second-order valence-corrected chi connectivity index (χ2v) is 7.94. The average Bonchev–Trinajstić information content (AvgIpc) is 3.11. The van der Waals surface area contributed by atoms with Crippen molar-refractivity contribution in [3.8, 4) is 0 Å². The molecule has 1 atom stereocenters. The lowest BCUT2D eigenvalue weighted by molar-refractivity contribution is -0.115. The van der Waals surface area contributed by atoms with E-state index in [0.717, 1.165) is 25.4 Å². The van der Waals surface area contributed by atoms with Crippen LogP contribution >= 0.6 is 39.0 Å². The van der Waals surface area contributed by atoms with Crippen LogP contribution in [0.5, 0.6) is 0 Å². The van der Waals surface area contributed by atoms with Gasteiger partial charge in [0.05, 0.1) is 16.0 Å². The number of rotatable bonds is 2. The smallest absolute Gasteiger partial charge is 0.240 e. The van der Waals surface area contributed by atoms with Crippen LogP contribution in [0.2, 0.25) is 0 Å². The summed E-state index contributed by atoms with van der Waals surface area (Å²) in [7, 11) is 0. The van der Waals surface area contributed by atoms with Crippen LogP contribution in [0.1, 0.15) is 10.9 Å². The molecular weight excluding hydrogens is 380 g/mol. The van der Waals surface area contributed by atoms with Gasteiger partial charge in [-0.15, -0.1) is 11.8 Å². The van der Waals surface area contributed by atoms with E-state index < -0.39 is 0 Å². The third kappa shape index (κ3) is 2.45. The molecule has 3 aromatic rings. The second kappa shape index (κ2) is 5.68. The summed E-state index contributed by atoms with van der Waals surface area (Å²) in [6.07, 6.45) is 0. The Kier molecular flexibility index (Phi) is 3.68. The summed E-state index contributed by atoms with van der Waals surface area (Å²) < 4.78 is 2.15. The number of benzene rings is 2. The molecule has 1 saturated heterocycles. The molecule has 1 aliphatic heterocycles. The Morgan fingerprint density at radius 2 is 1.91 bits per heavy atom. The Bertz CT molecular complexity index is 814. The lowest BCUT2D eigenvalue weighted by Crippen LogP contribution is -2.27. The van der Waals surface area contributed by atoms with Crippen molar-refractivity contribution in [2.24, 2.45) is 0 Å². The minimum atomic E-state index is 0.00108. The van der Waals surface area contributed by atoms with E-state index in [1.807, 2.05) is 41.3 Å². The highest BCUT2D eigenvalue weighted by atomic mass is 79.9. The molecule has 4 rings (SSSR count). The van der Waals surface area contributed by atoms with Crippen LogP contribution in [0.25, 0.3) is 10.2 Å². The number of nitrogens with zero attached hydrogens (tertiary/aromatic N) is 2. The zero-order valence-electron chi connectivity index (χ0n) is 11.4. The molecule has 1 fully saturated rings. The number of carbonyl (C=O) groups is 1. The summed E-state index contributed by atoms with van der Waals surface area (Å²) in [6, 6.07) is 16.1. The van der Waals surface area contributed by atoms with Gasteiger partial charge < -0.3 is 0 Å². The van der Waals surface area contributed by atoms with E-state index in [0.29, 0.717) is 5.75 Å². The monoisotopic (exact) mass is 390 g/mol. The van der Waals surface area contributed by atoms with Gasteiger partial charge in [0, 0.05) is 4.47 Å². The Hall–Kier alpha value is -1.37. The normalized spacial score (nSPS) is 18.3. The van der Waals surface area contributed by atoms with Gasteiger partial charge in [-0.3, -0.25) is 9.69 Å². The predicted octanol–water partition coefficient (Wildman–Crippen LogP) is 4.84. The third-order valence-electron chi connectivity index (χ3n) is 3.51. The fourth-order valence-corrected chi connectivity index (χ4v) is 4.97. The molecule has 22 heavy (non-hydrogen) atoms.